The number of rotatable bonds is 6. The van der Waals surface area contributed by atoms with Gasteiger partial charge in [-0.25, -0.2) is 0 Å². The quantitative estimate of drug-likeness (QED) is 0.272. The molecule has 0 radical (unpaired) electrons. The molecule has 0 aliphatic carbocycles. The molecule has 148 valence electrons. The van der Waals surface area contributed by atoms with Gasteiger partial charge in [0.05, 0.1) is 16.4 Å². The molecule has 0 spiro atoms. The Kier molecular flexibility index (Phi) is 5.67. The van der Waals surface area contributed by atoms with E-state index in [1.165, 1.54) is 23.9 Å². The van der Waals surface area contributed by atoms with Crippen LogP contribution >= 0.6 is 11.8 Å². The van der Waals surface area contributed by atoms with Crippen LogP contribution in [-0.2, 0) is 4.79 Å². The van der Waals surface area contributed by atoms with Crippen LogP contribution in [0.3, 0.4) is 0 Å². The third-order valence-corrected chi connectivity index (χ3v) is 5.33. The van der Waals surface area contributed by atoms with Gasteiger partial charge in [0, 0.05) is 11.6 Å². The second-order valence-corrected chi connectivity index (χ2v) is 7.43. The zero-order valence-electron chi connectivity index (χ0n) is 15.7. The lowest BCUT2D eigenvalue weighted by Gasteiger charge is -2.06. The van der Waals surface area contributed by atoms with E-state index in [0.717, 1.165) is 22.0 Å². The summed E-state index contributed by atoms with van der Waals surface area (Å²) in [5.41, 5.74) is 1.74. The molecule has 4 rings (SSSR count). The fourth-order valence-electron chi connectivity index (χ4n) is 2.96. The summed E-state index contributed by atoms with van der Waals surface area (Å²) in [6.07, 6.45) is 0. The molecule has 0 aliphatic rings. The molecule has 0 fully saturated rings. The van der Waals surface area contributed by atoms with E-state index in [1.54, 1.807) is 18.2 Å². The van der Waals surface area contributed by atoms with Crippen molar-refractivity contribution in [1.29, 1.82) is 0 Å². The summed E-state index contributed by atoms with van der Waals surface area (Å²) in [6.45, 7) is 0. The second-order valence-electron chi connectivity index (χ2n) is 6.43. The Morgan fingerprint density at radius 2 is 1.70 bits per heavy atom. The molecular formula is C22H16N4O3S. The predicted octanol–water partition coefficient (Wildman–Crippen LogP) is 4.94. The lowest BCUT2D eigenvalue weighted by Crippen LogP contribution is -2.15. The highest BCUT2D eigenvalue weighted by molar-refractivity contribution is 7.99. The highest BCUT2D eigenvalue weighted by Gasteiger charge is 2.15. The maximum Gasteiger partial charge on any atom is 0.292 e. The molecule has 7 nitrogen and oxygen atoms in total. The fourth-order valence-corrected chi connectivity index (χ4v) is 3.58. The Morgan fingerprint density at radius 1 is 0.933 bits per heavy atom. The Labute approximate surface area is 176 Å². The van der Waals surface area contributed by atoms with Crippen LogP contribution in [-0.4, -0.2) is 26.8 Å². The molecule has 0 atom stereocenters. The van der Waals surface area contributed by atoms with Gasteiger partial charge in [0.1, 0.15) is 10.7 Å². The van der Waals surface area contributed by atoms with E-state index in [0.29, 0.717) is 5.03 Å². The number of nitrogens with zero attached hydrogens (tertiary/aromatic N) is 3. The number of carbonyl (C=O) groups is 1. The molecule has 4 aromatic rings. The van der Waals surface area contributed by atoms with Crippen molar-refractivity contribution in [2.45, 2.75) is 5.03 Å². The Balaban J connectivity index is 1.40. The standard InChI is InChI=1S/C22H16N4O3S/c27-21(23-19-7-3-4-8-20(19)26(28)29)14-30-22-12-11-18(24-25-22)17-10-9-15-5-1-2-6-16(15)13-17/h1-13H,14H2,(H,23,27). The van der Waals surface area contributed by atoms with Crippen LogP contribution in [0.1, 0.15) is 0 Å². The molecule has 0 unspecified atom stereocenters. The van der Waals surface area contributed by atoms with Crippen molar-refractivity contribution in [3.63, 3.8) is 0 Å². The first-order chi connectivity index (χ1) is 14.6. The van der Waals surface area contributed by atoms with Gasteiger partial charge < -0.3 is 5.32 Å². The van der Waals surface area contributed by atoms with Crippen molar-refractivity contribution < 1.29 is 9.72 Å². The van der Waals surface area contributed by atoms with Crippen LogP contribution in [0, 0.1) is 10.1 Å². The van der Waals surface area contributed by atoms with Crippen LogP contribution in [0.4, 0.5) is 11.4 Å². The van der Waals surface area contributed by atoms with Gasteiger partial charge in [-0.2, -0.15) is 0 Å². The van der Waals surface area contributed by atoms with Crippen LogP contribution in [0.2, 0.25) is 0 Å². The lowest BCUT2D eigenvalue weighted by molar-refractivity contribution is -0.383. The number of carbonyl (C=O) groups excluding carboxylic acids is 1. The van der Waals surface area contributed by atoms with Crippen LogP contribution in [0.15, 0.2) is 83.9 Å². The van der Waals surface area contributed by atoms with Crippen LogP contribution in [0.25, 0.3) is 22.0 Å². The first-order valence-electron chi connectivity index (χ1n) is 9.09. The van der Waals surface area contributed by atoms with Gasteiger partial charge in [0.15, 0.2) is 0 Å². The SMILES string of the molecule is O=C(CSc1ccc(-c2ccc3ccccc3c2)nn1)Nc1ccccc1[N+](=O)[O-]. The first kappa shape index (κ1) is 19.5. The molecule has 1 N–H and O–H groups in total. The number of nitro groups is 1. The van der Waals surface area contributed by atoms with Crippen LogP contribution in [0.5, 0.6) is 0 Å². The molecular weight excluding hydrogens is 400 g/mol. The van der Waals surface area contributed by atoms with Gasteiger partial charge in [-0.15, -0.1) is 10.2 Å². The summed E-state index contributed by atoms with van der Waals surface area (Å²) >= 11 is 1.21. The molecule has 8 heteroatoms. The number of thioether (sulfide) groups is 1. The topological polar surface area (TPSA) is 98.0 Å². The minimum absolute atomic E-state index is 0.0655. The van der Waals surface area contributed by atoms with E-state index in [9.17, 15) is 14.9 Å². The van der Waals surface area contributed by atoms with E-state index in [2.05, 4.69) is 27.6 Å². The summed E-state index contributed by atoms with van der Waals surface area (Å²) in [4.78, 5) is 22.7. The van der Waals surface area contributed by atoms with E-state index < -0.39 is 4.92 Å². The zero-order chi connectivity index (χ0) is 20.9. The zero-order valence-corrected chi connectivity index (χ0v) is 16.5. The van der Waals surface area contributed by atoms with Crippen molar-refractivity contribution in [3.05, 3.63) is 89.0 Å². The molecule has 30 heavy (non-hydrogen) atoms. The summed E-state index contributed by atoms with van der Waals surface area (Å²) in [7, 11) is 0. The molecule has 3 aromatic carbocycles. The number of hydrogen-bond donors (Lipinski definition) is 1. The number of nitro benzene ring substituents is 1. The minimum Gasteiger partial charge on any atom is -0.320 e. The fraction of sp³-hybridized carbons (Fsp3) is 0.0455. The Hall–Kier alpha value is -3.78. The van der Waals surface area contributed by atoms with Crippen molar-refractivity contribution in [1.82, 2.24) is 10.2 Å². The molecule has 1 heterocycles. The molecule has 1 aromatic heterocycles. The van der Waals surface area contributed by atoms with Gasteiger partial charge in [0.25, 0.3) is 5.69 Å². The van der Waals surface area contributed by atoms with Crippen molar-refractivity contribution in [3.8, 4) is 11.3 Å². The number of anilines is 1. The van der Waals surface area contributed by atoms with Crippen LogP contribution < -0.4 is 5.32 Å². The van der Waals surface area contributed by atoms with Gasteiger partial charge in [0.2, 0.25) is 5.91 Å². The average molecular weight is 416 g/mol. The van der Waals surface area contributed by atoms with Crippen molar-refractivity contribution in [2.24, 2.45) is 0 Å². The smallest absolute Gasteiger partial charge is 0.292 e. The third kappa shape index (κ3) is 4.44. The largest absolute Gasteiger partial charge is 0.320 e. The summed E-state index contributed by atoms with van der Waals surface area (Å²) in [5.74, 6) is -0.287. The molecule has 0 bridgehead atoms. The predicted molar refractivity (Wildman–Crippen MR) is 117 cm³/mol. The monoisotopic (exact) mass is 416 g/mol. The third-order valence-electron chi connectivity index (χ3n) is 4.41. The molecule has 0 saturated carbocycles. The maximum absolute atomic E-state index is 12.2. The summed E-state index contributed by atoms with van der Waals surface area (Å²) in [6, 6.07) is 23.9. The first-order valence-corrected chi connectivity index (χ1v) is 10.1. The minimum atomic E-state index is -0.528. The number of hydrogen-bond acceptors (Lipinski definition) is 6. The molecule has 1 amide bonds. The van der Waals surface area contributed by atoms with E-state index in [-0.39, 0.29) is 23.0 Å². The number of aromatic nitrogens is 2. The second kappa shape index (κ2) is 8.71. The maximum atomic E-state index is 12.2. The highest BCUT2D eigenvalue weighted by atomic mass is 32.2. The number of para-hydroxylation sites is 2. The Bertz CT molecular complexity index is 1230. The Morgan fingerprint density at radius 3 is 2.47 bits per heavy atom. The lowest BCUT2D eigenvalue weighted by atomic mass is 10.1. The summed E-state index contributed by atoms with van der Waals surface area (Å²) < 4.78 is 0. The number of amides is 1. The van der Waals surface area contributed by atoms with Crippen molar-refractivity contribution >= 4 is 39.8 Å². The summed E-state index contributed by atoms with van der Waals surface area (Å²) in [5, 5.41) is 24.9. The average Bonchev–Trinajstić information content (AvgIpc) is 2.78. The normalized spacial score (nSPS) is 10.7. The highest BCUT2D eigenvalue weighted by Crippen LogP contribution is 2.25. The van der Waals surface area contributed by atoms with E-state index >= 15 is 0 Å². The van der Waals surface area contributed by atoms with E-state index in [4.69, 9.17) is 0 Å². The van der Waals surface area contributed by atoms with Crippen molar-refractivity contribution in [2.75, 3.05) is 11.1 Å². The van der Waals surface area contributed by atoms with Gasteiger partial charge in [-0.05, 0) is 35.0 Å². The molecule has 0 saturated heterocycles. The number of benzene rings is 3. The van der Waals surface area contributed by atoms with Gasteiger partial charge >= 0.3 is 0 Å². The number of nitrogens with one attached hydrogen (secondary N) is 1. The van der Waals surface area contributed by atoms with Gasteiger partial charge in [-0.1, -0.05) is 60.3 Å². The van der Waals surface area contributed by atoms with Gasteiger partial charge in [-0.3, -0.25) is 14.9 Å². The molecule has 0 aliphatic heterocycles. The number of fused-ring (bicyclic) bond motifs is 1. The van der Waals surface area contributed by atoms with E-state index in [1.807, 2.05) is 36.4 Å².